The third kappa shape index (κ3) is 4.42. The summed E-state index contributed by atoms with van der Waals surface area (Å²) in [4.78, 5) is 13.7. The van der Waals surface area contributed by atoms with Gasteiger partial charge in [-0.05, 0) is 62.2 Å². The van der Waals surface area contributed by atoms with Crippen LogP contribution in [0.1, 0.15) is 30.1 Å². The number of aliphatic hydroxyl groups is 1. The van der Waals surface area contributed by atoms with Crippen LogP contribution in [-0.2, 0) is 4.74 Å². The van der Waals surface area contributed by atoms with Crippen LogP contribution >= 0.6 is 12.2 Å². The number of carbonyl (C=O) groups is 1. The average molecular weight is 322 g/mol. The standard InChI is InChI=1S/C16H22N2O3S/c1-2-21-15(20)13-5-7-14(8-6-13)17-16(22)18-9-3-4-12(10-18)11-19/h5-8,12,19H,2-4,9-11H2,1H3,(H,17,22)/t12-/m0/s1. The second-order valence-corrected chi connectivity index (χ2v) is 5.75. The third-order valence-electron chi connectivity index (χ3n) is 3.71. The van der Waals surface area contributed by atoms with Crippen LogP contribution in [0.4, 0.5) is 5.69 Å². The van der Waals surface area contributed by atoms with Gasteiger partial charge in [-0.15, -0.1) is 0 Å². The summed E-state index contributed by atoms with van der Waals surface area (Å²) in [7, 11) is 0. The number of nitrogens with zero attached hydrogens (tertiary/aromatic N) is 1. The summed E-state index contributed by atoms with van der Waals surface area (Å²) in [5.41, 5.74) is 1.36. The van der Waals surface area contributed by atoms with Crippen LogP contribution in [0.3, 0.4) is 0 Å². The van der Waals surface area contributed by atoms with Crippen LogP contribution in [0.5, 0.6) is 0 Å². The Hall–Kier alpha value is -1.66. The molecule has 0 aromatic heterocycles. The molecule has 0 bridgehead atoms. The van der Waals surface area contributed by atoms with Crippen molar-refractivity contribution >= 4 is 29.0 Å². The van der Waals surface area contributed by atoms with Crippen molar-refractivity contribution in [1.29, 1.82) is 0 Å². The highest BCUT2D eigenvalue weighted by atomic mass is 32.1. The van der Waals surface area contributed by atoms with Gasteiger partial charge in [0.2, 0.25) is 0 Å². The van der Waals surface area contributed by atoms with Gasteiger partial charge in [-0.3, -0.25) is 0 Å². The Kier molecular flexibility index (Phi) is 6.15. The summed E-state index contributed by atoms with van der Waals surface area (Å²) < 4.78 is 4.95. The predicted octanol–water partition coefficient (Wildman–Crippen LogP) is 2.26. The summed E-state index contributed by atoms with van der Waals surface area (Å²) in [6.07, 6.45) is 2.08. The number of hydrogen-bond donors (Lipinski definition) is 2. The molecule has 0 aliphatic carbocycles. The van der Waals surface area contributed by atoms with E-state index in [1.54, 1.807) is 19.1 Å². The molecule has 22 heavy (non-hydrogen) atoms. The minimum atomic E-state index is -0.321. The van der Waals surface area contributed by atoms with E-state index in [4.69, 9.17) is 17.0 Å². The Balaban J connectivity index is 1.92. The lowest BCUT2D eigenvalue weighted by atomic mass is 9.99. The predicted molar refractivity (Wildman–Crippen MR) is 90.0 cm³/mol. The zero-order chi connectivity index (χ0) is 15.9. The van der Waals surface area contributed by atoms with Gasteiger partial charge in [-0.2, -0.15) is 0 Å². The zero-order valence-corrected chi connectivity index (χ0v) is 13.6. The minimum absolute atomic E-state index is 0.202. The van der Waals surface area contributed by atoms with E-state index in [-0.39, 0.29) is 12.6 Å². The van der Waals surface area contributed by atoms with E-state index in [9.17, 15) is 9.90 Å². The van der Waals surface area contributed by atoms with E-state index in [0.29, 0.717) is 23.2 Å². The maximum absolute atomic E-state index is 11.6. The van der Waals surface area contributed by atoms with E-state index >= 15 is 0 Å². The molecule has 1 aromatic carbocycles. The number of benzene rings is 1. The van der Waals surface area contributed by atoms with Gasteiger partial charge >= 0.3 is 5.97 Å². The van der Waals surface area contributed by atoms with Gasteiger partial charge in [0, 0.05) is 25.4 Å². The number of thiocarbonyl (C=S) groups is 1. The molecule has 1 heterocycles. The molecule has 1 aliphatic rings. The van der Waals surface area contributed by atoms with Crippen LogP contribution in [-0.4, -0.2) is 47.4 Å². The molecule has 120 valence electrons. The Bertz CT molecular complexity index is 519. The van der Waals surface area contributed by atoms with Crippen LogP contribution in [0.15, 0.2) is 24.3 Å². The lowest BCUT2D eigenvalue weighted by molar-refractivity contribution is 0.0526. The fourth-order valence-corrected chi connectivity index (χ4v) is 2.79. The molecule has 0 spiro atoms. The second kappa shape index (κ2) is 8.10. The van der Waals surface area contributed by atoms with Gasteiger partial charge in [0.05, 0.1) is 12.2 Å². The van der Waals surface area contributed by atoms with E-state index in [1.807, 2.05) is 12.1 Å². The maximum Gasteiger partial charge on any atom is 0.338 e. The molecule has 1 aromatic rings. The van der Waals surface area contributed by atoms with Crippen LogP contribution in [0.25, 0.3) is 0 Å². The number of anilines is 1. The number of ether oxygens (including phenoxy) is 1. The number of esters is 1. The highest BCUT2D eigenvalue weighted by Gasteiger charge is 2.21. The number of nitrogens with one attached hydrogen (secondary N) is 1. The summed E-state index contributed by atoms with van der Waals surface area (Å²) in [6, 6.07) is 7.06. The van der Waals surface area contributed by atoms with E-state index in [2.05, 4.69) is 10.2 Å². The SMILES string of the molecule is CCOC(=O)c1ccc(NC(=S)N2CCC[C@H](CO)C2)cc1. The Morgan fingerprint density at radius 2 is 2.18 bits per heavy atom. The molecule has 0 amide bonds. The maximum atomic E-state index is 11.6. The summed E-state index contributed by atoms with van der Waals surface area (Å²) in [5, 5.41) is 13.1. The molecular formula is C16H22N2O3S. The Labute approximate surface area is 136 Å². The van der Waals surface area contributed by atoms with Gasteiger partial charge in [-0.25, -0.2) is 4.79 Å². The van der Waals surface area contributed by atoms with Crippen molar-refractivity contribution < 1.29 is 14.6 Å². The molecule has 2 rings (SSSR count). The molecular weight excluding hydrogens is 300 g/mol. The summed E-state index contributed by atoms with van der Waals surface area (Å²) in [5.74, 6) is -0.0295. The number of rotatable bonds is 4. The van der Waals surface area contributed by atoms with Crippen molar-refractivity contribution in [2.24, 2.45) is 5.92 Å². The van der Waals surface area contributed by atoms with Gasteiger partial charge in [0.15, 0.2) is 5.11 Å². The zero-order valence-electron chi connectivity index (χ0n) is 12.7. The van der Waals surface area contributed by atoms with E-state index in [0.717, 1.165) is 31.6 Å². The van der Waals surface area contributed by atoms with Gasteiger partial charge in [0.25, 0.3) is 0 Å². The van der Waals surface area contributed by atoms with Crippen molar-refractivity contribution in [3.63, 3.8) is 0 Å². The Morgan fingerprint density at radius 1 is 1.45 bits per heavy atom. The summed E-state index contributed by atoms with van der Waals surface area (Å²) >= 11 is 5.42. The van der Waals surface area contributed by atoms with Crippen molar-refractivity contribution in [2.75, 3.05) is 31.6 Å². The highest BCUT2D eigenvalue weighted by molar-refractivity contribution is 7.80. The number of likely N-dealkylation sites (tertiary alicyclic amines) is 1. The lowest BCUT2D eigenvalue weighted by Crippen LogP contribution is -2.43. The fourth-order valence-electron chi connectivity index (χ4n) is 2.51. The van der Waals surface area contributed by atoms with Gasteiger partial charge in [0.1, 0.15) is 0 Å². The van der Waals surface area contributed by atoms with Crippen LogP contribution in [0, 0.1) is 5.92 Å². The largest absolute Gasteiger partial charge is 0.462 e. The first kappa shape index (κ1) is 16.7. The second-order valence-electron chi connectivity index (χ2n) is 5.36. The number of hydrogen-bond acceptors (Lipinski definition) is 4. The third-order valence-corrected chi connectivity index (χ3v) is 4.07. The topological polar surface area (TPSA) is 61.8 Å². The highest BCUT2D eigenvalue weighted by Crippen LogP contribution is 2.18. The van der Waals surface area contributed by atoms with Gasteiger partial charge < -0.3 is 20.1 Å². The molecule has 2 N–H and O–H groups in total. The first-order valence-electron chi connectivity index (χ1n) is 7.58. The van der Waals surface area contributed by atoms with Crippen molar-refractivity contribution in [3.05, 3.63) is 29.8 Å². The first-order valence-corrected chi connectivity index (χ1v) is 7.98. The number of piperidine rings is 1. The quantitative estimate of drug-likeness (QED) is 0.655. The smallest absolute Gasteiger partial charge is 0.338 e. The molecule has 0 radical (unpaired) electrons. The molecule has 5 nitrogen and oxygen atoms in total. The first-order chi connectivity index (χ1) is 10.6. The van der Waals surface area contributed by atoms with E-state index in [1.165, 1.54) is 0 Å². The van der Waals surface area contributed by atoms with E-state index < -0.39 is 0 Å². The normalized spacial score (nSPS) is 17.9. The van der Waals surface area contributed by atoms with Crippen molar-refractivity contribution in [2.45, 2.75) is 19.8 Å². The lowest BCUT2D eigenvalue weighted by Gasteiger charge is -2.33. The molecule has 1 aliphatic heterocycles. The van der Waals surface area contributed by atoms with Crippen molar-refractivity contribution in [1.82, 2.24) is 4.90 Å². The number of aliphatic hydroxyl groups excluding tert-OH is 1. The Morgan fingerprint density at radius 3 is 2.82 bits per heavy atom. The minimum Gasteiger partial charge on any atom is -0.462 e. The van der Waals surface area contributed by atoms with Crippen LogP contribution in [0.2, 0.25) is 0 Å². The van der Waals surface area contributed by atoms with Crippen molar-refractivity contribution in [3.8, 4) is 0 Å². The molecule has 6 heteroatoms. The van der Waals surface area contributed by atoms with Gasteiger partial charge in [-0.1, -0.05) is 0 Å². The monoisotopic (exact) mass is 322 g/mol. The van der Waals surface area contributed by atoms with Crippen LogP contribution < -0.4 is 5.32 Å². The molecule has 0 saturated carbocycles. The average Bonchev–Trinajstić information content (AvgIpc) is 2.55. The molecule has 1 atom stereocenters. The molecule has 0 unspecified atom stereocenters. The summed E-state index contributed by atoms with van der Waals surface area (Å²) in [6.45, 7) is 4.04. The number of carbonyl (C=O) groups excluding carboxylic acids is 1. The fraction of sp³-hybridized carbons (Fsp3) is 0.500. The molecule has 1 saturated heterocycles. The molecule has 1 fully saturated rings.